The van der Waals surface area contributed by atoms with Crippen LogP contribution in [0.15, 0.2) is 60.0 Å². The lowest BCUT2D eigenvalue weighted by molar-refractivity contribution is 0.0746. The molecule has 1 aliphatic heterocycles. The number of rotatable bonds is 7. The number of aryl methyl sites for hydroxylation is 1. The summed E-state index contributed by atoms with van der Waals surface area (Å²) in [5.74, 6) is 0.993. The molecule has 3 aromatic rings. The summed E-state index contributed by atoms with van der Waals surface area (Å²) < 4.78 is 0. The van der Waals surface area contributed by atoms with Gasteiger partial charge in [-0.2, -0.15) is 0 Å². The van der Waals surface area contributed by atoms with Crippen LogP contribution in [0, 0.1) is 6.92 Å². The normalized spacial score (nSPS) is 17.5. The molecular weight excluding hydrogens is 454 g/mol. The van der Waals surface area contributed by atoms with Gasteiger partial charge in [0.05, 0.1) is 24.1 Å². The second kappa shape index (κ2) is 10.5. The van der Waals surface area contributed by atoms with Crippen molar-refractivity contribution in [2.24, 2.45) is 0 Å². The SMILES string of the molecule is Cc1csc([C@H]2CSCN2C(=O)c2cccc(C(=O)NC(Cc3ccccc3)[C@@H](C)O)c2)n1. The van der Waals surface area contributed by atoms with Crippen LogP contribution in [0.25, 0.3) is 0 Å². The third-order valence-corrected chi connectivity index (χ3v) is 7.71. The molecular formula is C25H27N3O3S2. The minimum absolute atomic E-state index is 0.0517. The summed E-state index contributed by atoms with van der Waals surface area (Å²) in [5, 5.41) is 16.1. The molecule has 2 heterocycles. The monoisotopic (exact) mass is 481 g/mol. The van der Waals surface area contributed by atoms with Gasteiger partial charge in [-0.05, 0) is 44.0 Å². The second-order valence-electron chi connectivity index (χ2n) is 8.21. The summed E-state index contributed by atoms with van der Waals surface area (Å²) in [6, 6.07) is 16.0. The number of nitrogens with zero attached hydrogens (tertiary/aromatic N) is 2. The van der Waals surface area contributed by atoms with Crippen molar-refractivity contribution >= 4 is 34.9 Å². The van der Waals surface area contributed by atoms with Gasteiger partial charge in [0.2, 0.25) is 0 Å². The van der Waals surface area contributed by atoms with Crippen molar-refractivity contribution in [3.63, 3.8) is 0 Å². The number of hydrogen-bond acceptors (Lipinski definition) is 6. The maximum Gasteiger partial charge on any atom is 0.255 e. The van der Waals surface area contributed by atoms with Crippen molar-refractivity contribution in [2.75, 3.05) is 11.6 Å². The molecule has 0 saturated carbocycles. The third-order valence-electron chi connectivity index (χ3n) is 5.63. The van der Waals surface area contributed by atoms with Gasteiger partial charge in [-0.25, -0.2) is 4.98 Å². The maximum atomic E-state index is 13.3. The molecule has 2 aromatic carbocycles. The number of aliphatic hydroxyl groups is 1. The van der Waals surface area contributed by atoms with E-state index in [0.29, 0.717) is 23.4 Å². The Kier molecular flexibility index (Phi) is 7.47. The van der Waals surface area contributed by atoms with E-state index in [4.69, 9.17) is 0 Å². The van der Waals surface area contributed by atoms with E-state index >= 15 is 0 Å². The highest BCUT2D eigenvalue weighted by Crippen LogP contribution is 2.35. The van der Waals surface area contributed by atoms with Gasteiger partial charge in [0.15, 0.2) is 0 Å². The molecule has 0 spiro atoms. The van der Waals surface area contributed by atoms with Gasteiger partial charge in [0.25, 0.3) is 11.8 Å². The van der Waals surface area contributed by atoms with E-state index in [1.807, 2.05) is 47.5 Å². The van der Waals surface area contributed by atoms with E-state index in [2.05, 4.69) is 10.3 Å². The Balaban J connectivity index is 1.48. The highest BCUT2D eigenvalue weighted by atomic mass is 32.2. The van der Waals surface area contributed by atoms with E-state index in [9.17, 15) is 14.7 Å². The largest absolute Gasteiger partial charge is 0.391 e. The minimum Gasteiger partial charge on any atom is -0.391 e. The van der Waals surface area contributed by atoms with Crippen LogP contribution in [0.3, 0.4) is 0 Å². The van der Waals surface area contributed by atoms with E-state index < -0.39 is 12.1 Å². The molecule has 1 unspecified atom stereocenters. The van der Waals surface area contributed by atoms with E-state index in [0.717, 1.165) is 22.0 Å². The number of hydrogen-bond donors (Lipinski definition) is 2. The lowest BCUT2D eigenvalue weighted by Gasteiger charge is -2.23. The van der Waals surface area contributed by atoms with Crippen LogP contribution in [0.4, 0.5) is 0 Å². The van der Waals surface area contributed by atoms with E-state index in [1.165, 1.54) is 0 Å². The molecule has 2 amide bonds. The topological polar surface area (TPSA) is 82.5 Å². The Morgan fingerprint density at radius 2 is 1.94 bits per heavy atom. The molecule has 3 atom stereocenters. The molecule has 1 fully saturated rings. The number of thiazole rings is 1. The average Bonchev–Trinajstić information content (AvgIpc) is 3.47. The molecule has 1 aliphatic rings. The number of thioether (sulfide) groups is 1. The molecule has 172 valence electrons. The molecule has 8 heteroatoms. The number of amides is 2. The predicted octanol–water partition coefficient (Wildman–Crippen LogP) is 4.06. The molecule has 0 radical (unpaired) electrons. The number of aromatic nitrogens is 1. The first-order valence-electron chi connectivity index (χ1n) is 10.9. The first-order chi connectivity index (χ1) is 15.9. The van der Waals surface area contributed by atoms with Crippen LogP contribution in [0.1, 0.15) is 49.9 Å². The quantitative estimate of drug-likeness (QED) is 0.532. The molecule has 2 N–H and O–H groups in total. The summed E-state index contributed by atoms with van der Waals surface area (Å²) in [5.41, 5.74) is 2.86. The van der Waals surface area contributed by atoms with Crippen LogP contribution < -0.4 is 5.32 Å². The van der Waals surface area contributed by atoms with Crippen molar-refractivity contribution in [2.45, 2.75) is 38.5 Å². The average molecular weight is 482 g/mol. The Morgan fingerprint density at radius 1 is 1.18 bits per heavy atom. The second-order valence-corrected chi connectivity index (χ2v) is 10.1. The minimum atomic E-state index is -0.719. The number of carbonyl (C=O) groups is 2. The van der Waals surface area contributed by atoms with Gasteiger partial charge in [0.1, 0.15) is 5.01 Å². The van der Waals surface area contributed by atoms with Crippen molar-refractivity contribution < 1.29 is 14.7 Å². The van der Waals surface area contributed by atoms with E-state index in [1.54, 1.807) is 54.3 Å². The van der Waals surface area contributed by atoms with Gasteiger partial charge in [0, 0.05) is 28.0 Å². The Morgan fingerprint density at radius 3 is 2.64 bits per heavy atom. The first-order valence-corrected chi connectivity index (χ1v) is 12.9. The van der Waals surface area contributed by atoms with Crippen LogP contribution in [0.2, 0.25) is 0 Å². The highest BCUT2D eigenvalue weighted by molar-refractivity contribution is 7.99. The molecule has 0 aliphatic carbocycles. The fourth-order valence-electron chi connectivity index (χ4n) is 3.79. The lowest BCUT2D eigenvalue weighted by Crippen LogP contribution is -2.43. The highest BCUT2D eigenvalue weighted by Gasteiger charge is 2.33. The predicted molar refractivity (Wildman–Crippen MR) is 133 cm³/mol. The summed E-state index contributed by atoms with van der Waals surface area (Å²) in [7, 11) is 0. The van der Waals surface area contributed by atoms with Gasteiger partial charge in [-0.1, -0.05) is 36.4 Å². The maximum absolute atomic E-state index is 13.3. The fourth-order valence-corrected chi connectivity index (χ4v) is 5.97. The van der Waals surface area contributed by atoms with Crippen LogP contribution in [-0.2, 0) is 6.42 Å². The molecule has 33 heavy (non-hydrogen) atoms. The summed E-state index contributed by atoms with van der Waals surface area (Å²) in [6.45, 7) is 3.62. The number of benzene rings is 2. The molecule has 0 bridgehead atoms. The van der Waals surface area contributed by atoms with E-state index in [-0.39, 0.29) is 17.9 Å². The lowest BCUT2D eigenvalue weighted by atomic mass is 10.0. The summed E-state index contributed by atoms with van der Waals surface area (Å²) >= 11 is 3.28. The zero-order chi connectivity index (χ0) is 23.4. The molecule has 1 aromatic heterocycles. The number of aliphatic hydroxyl groups excluding tert-OH is 1. The number of carbonyl (C=O) groups excluding carboxylic acids is 2. The van der Waals surface area contributed by atoms with Crippen molar-refractivity contribution in [3.05, 3.63) is 87.4 Å². The smallest absolute Gasteiger partial charge is 0.255 e. The van der Waals surface area contributed by atoms with Gasteiger partial charge in [-0.15, -0.1) is 23.1 Å². The number of nitrogens with one attached hydrogen (secondary N) is 1. The van der Waals surface area contributed by atoms with Crippen LogP contribution >= 0.6 is 23.1 Å². The van der Waals surface area contributed by atoms with Crippen molar-refractivity contribution in [1.82, 2.24) is 15.2 Å². The zero-order valence-electron chi connectivity index (χ0n) is 18.6. The standard InChI is InChI=1S/C25H27N3O3S2/c1-16-13-33-24(26-16)22-14-32-15-28(22)25(31)20-10-6-9-19(12-20)23(30)27-21(17(2)29)11-18-7-4-3-5-8-18/h3-10,12-13,17,21-22,29H,11,14-15H2,1-2H3,(H,27,30)/t17-,21?,22-/m1/s1. The third kappa shape index (κ3) is 5.63. The Labute approximate surface area is 202 Å². The van der Waals surface area contributed by atoms with Gasteiger partial charge < -0.3 is 15.3 Å². The van der Waals surface area contributed by atoms with Crippen molar-refractivity contribution in [1.29, 1.82) is 0 Å². The van der Waals surface area contributed by atoms with Crippen LogP contribution in [0.5, 0.6) is 0 Å². The van der Waals surface area contributed by atoms with Crippen molar-refractivity contribution in [3.8, 4) is 0 Å². The van der Waals surface area contributed by atoms with Gasteiger partial charge >= 0.3 is 0 Å². The zero-order valence-corrected chi connectivity index (χ0v) is 20.2. The molecule has 4 rings (SSSR count). The molecule has 6 nitrogen and oxygen atoms in total. The first kappa shape index (κ1) is 23.5. The Bertz CT molecular complexity index is 1120. The summed E-state index contributed by atoms with van der Waals surface area (Å²) in [4.78, 5) is 32.7. The van der Waals surface area contributed by atoms with Gasteiger partial charge in [-0.3, -0.25) is 9.59 Å². The molecule has 1 saturated heterocycles. The van der Waals surface area contributed by atoms with Crippen LogP contribution in [-0.4, -0.2) is 50.6 Å². The fraction of sp³-hybridized carbons (Fsp3) is 0.320. The Hall–Kier alpha value is -2.68. The summed E-state index contributed by atoms with van der Waals surface area (Å²) in [6.07, 6.45) is -0.203.